The van der Waals surface area contributed by atoms with Crippen LogP contribution in [-0.2, 0) is 19.6 Å². The zero-order valence-corrected chi connectivity index (χ0v) is 19.5. The first-order valence-corrected chi connectivity index (χ1v) is 13.1. The van der Waals surface area contributed by atoms with E-state index in [1.54, 1.807) is 26.0 Å². The topological polar surface area (TPSA) is 86.8 Å². The number of nitrogens with zero attached hydrogens (tertiary/aromatic N) is 2. The van der Waals surface area contributed by atoms with Crippen LogP contribution in [0.1, 0.15) is 46.5 Å². The van der Waals surface area contributed by atoms with Gasteiger partial charge in [-0.1, -0.05) is 33.6 Å². The second-order valence-electron chi connectivity index (χ2n) is 7.92. The second kappa shape index (κ2) is 9.70. The number of hydrogen-bond acceptors (Lipinski definition) is 5. The van der Waals surface area contributed by atoms with Crippen molar-refractivity contribution in [3.63, 3.8) is 0 Å². The largest absolute Gasteiger partial charge is 0.352 e. The molecule has 1 aliphatic heterocycles. The molecule has 1 aromatic carbocycles. The minimum atomic E-state index is -3.65. The van der Waals surface area contributed by atoms with E-state index in [0.717, 1.165) is 24.2 Å². The Kier molecular flexibility index (Phi) is 7.47. The number of anilines is 1. The molecule has 1 heterocycles. The van der Waals surface area contributed by atoms with Crippen LogP contribution in [0.5, 0.6) is 0 Å². The highest BCUT2D eigenvalue weighted by Crippen LogP contribution is 2.37. The summed E-state index contributed by atoms with van der Waals surface area (Å²) in [6, 6.07) is 4.98. The molecule has 1 aliphatic carbocycles. The first kappa shape index (κ1) is 23.1. The van der Waals surface area contributed by atoms with Crippen molar-refractivity contribution in [1.29, 1.82) is 0 Å². The lowest BCUT2D eigenvalue weighted by atomic mass is 9.86. The average Bonchev–Trinajstić information content (AvgIpc) is 2.72. The number of carbonyl (C=O) groups excluding carboxylic acids is 2. The number of thioether (sulfide) groups is 1. The molecular weight excluding hydrogens is 422 g/mol. The predicted octanol–water partition coefficient (Wildman–Crippen LogP) is 2.85. The quantitative estimate of drug-likeness (QED) is 0.686. The fraction of sp³-hybridized carbons (Fsp3) is 0.619. The summed E-state index contributed by atoms with van der Waals surface area (Å²) in [6.07, 6.45) is 4.34. The van der Waals surface area contributed by atoms with E-state index in [9.17, 15) is 18.0 Å². The van der Waals surface area contributed by atoms with Crippen molar-refractivity contribution in [2.75, 3.05) is 30.3 Å². The van der Waals surface area contributed by atoms with Gasteiger partial charge < -0.3 is 10.2 Å². The Labute approximate surface area is 183 Å². The molecule has 0 aromatic heterocycles. The normalized spacial score (nSPS) is 22.1. The summed E-state index contributed by atoms with van der Waals surface area (Å²) in [5.41, 5.74) is 0.497. The fourth-order valence-electron chi connectivity index (χ4n) is 4.16. The fourth-order valence-corrected chi connectivity index (χ4v) is 6.55. The van der Waals surface area contributed by atoms with Gasteiger partial charge in [-0.05, 0) is 37.0 Å². The van der Waals surface area contributed by atoms with Gasteiger partial charge in [0.2, 0.25) is 21.8 Å². The van der Waals surface area contributed by atoms with Gasteiger partial charge in [0.15, 0.2) is 0 Å². The number of rotatable bonds is 7. The average molecular weight is 454 g/mol. The van der Waals surface area contributed by atoms with Crippen molar-refractivity contribution in [1.82, 2.24) is 9.62 Å². The minimum absolute atomic E-state index is 0.0929. The van der Waals surface area contributed by atoms with E-state index in [0.29, 0.717) is 24.7 Å². The lowest BCUT2D eigenvalue weighted by Gasteiger charge is -2.32. The summed E-state index contributed by atoms with van der Waals surface area (Å²) in [7, 11) is -3.65. The molecule has 1 fully saturated rings. The SMILES string of the molecule is CCN(CC)S(=O)(=O)c1ccc2c(c1)N(CC(=O)NC1CCCCC1C)C(=O)CS2. The van der Waals surface area contributed by atoms with Gasteiger partial charge in [-0.25, -0.2) is 8.42 Å². The first-order chi connectivity index (χ1) is 14.3. The van der Waals surface area contributed by atoms with E-state index in [1.807, 2.05) is 0 Å². The summed E-state index contributed by atoms with van der Waals surface area (Å²) in [5, 5.41) is 3.08. The highest BCUT2D eigenvalue weighted by molar-refractivity contribution is 8.00. The van der Waals surface area contributed by atoms with Crippen molar-refractivity contribution in [3.8, 4) is 0 Å². The van der Waals surface area contributed by atoms with E-state index in [1.165, 1.54) is 33.5 Å². The molecule has 166 valence electrons. The van der Waals surface area contributed by atoms with Gasteiger partial charge in [-0.2, -0.15) is 4.31 Å². The lowest BCUT2D eigenvalue weighted by Crippen LogP contribution is -2.48. The molecule has 0 saturated heterocycles. The van der Waals surface area contributed by atoms with Gasteiger partial charge in [0.05, 0.1) is 16.3 Å². The van der Waals surface area contributed by atoms with Crippen molar-refractivity contribution in [3.05, 3.63) is 18.2 Å². The first-order valence-electron chi connectivity index (χ1n) is 10.6. The summed E-state index contributed by atoms with van der Waals surface area (Å²) in [4.78, 5) is 27.7. The van der Waals surface area contributed by atoms with Crippen LogP contribution in [0.4, 0.5) is 5.69 Å². The zero-order valence-electron chi connectivity index (χ0n) is 17.9. The van der Waals surface area contributed by atoms with Crippen molar-refractivity contribution >= 4 is 39.3 Å². The zero-order chi connectivity index (χ0) is 21.9. The maximum absolute atomic E-state index is 12.9. The monoisotopic (exact) mass is 453 g/mol. The summed E-state index contributed by atoms with van der Waals surface area (Å²) >= 11 is 1.37. The highest BCUT2D eigenvalue weighted by Gasteiger charge is 2.31. The molecule has 3 rings (SSSR count). The number of carbonyl (C=O) groups is 2. The summed E-state index contributed by atoms with van der Waals surface area (Å²) in [5.74, 6) is 0.282. The van der Waals surface area contributed by atoms with Crippen LogP contribution in [0, 0.1) is 5.92 Å². The number of fused-ring (bicyclic) bond motifs is 1. The number of amides is 2. The molecule has 7 nitrogen and oxygen atoms in total. The van der Waals surface area contributed by atoms with Crippen LogP contribution in [0.2, 0.25) is 0 Å². The third kappa shape index (κ3) is 4.84. The summed E-state index contributed by atoms with van der Waals surface area (Å²) in [6.45, 7) is 6.38. The summed E-state index contributed by atoms with van der Waals surface area (Å²) < 4.78 is 27.2. The van der Waals surface area contributed by atoms with Crippen molar-refractivity contribution < 1.29 is 18.0 Å². The van der Waals surface area contributed by atoms with Crippen LogP contribution < -0.4 is 10.2 Å². The Hall–Kier alpha value is -1.58. The van der Waals surface area contributed by atoms with E-state index in [-0.39, 0.29) is 35.0 Å². The molecule has 30 heavy (non-hydrogen) atoms. The van der Waals surface area contributed by atoms with Crippen LogP contribution in [0.3, 0.4) is 0 Å². The molecule has 2 atom stereocenters. The Morgan fingerprint density at radius 3 is 2.60 bits per heavy atom. The van der Waals surface area contributed by atoms with Crippen LogP contribution >= 0.6 is 11.8 Å². The molecule has 1 aromatic rings. The second-order valence-corrected chi connectivity index (χ2v) is 10.9. The molecule has 2 amide bonds. The Morgan fingerprint density at radius 2 is 1.93 bits per heavy atom. The van der Waals surface area contributed by atoms with Crippen molar-refractivity contribution in [2.24, 2.45) is 5.92 Å². The third-order valence-corrected chi connectivity index (χ3v) is 9.07. The molecule has 1 N–H and O–H groups in total. The smallest absolute Gasteiger partial charge is 0.243 e. The number of hydrogen-bond donors (Lipinski definition) is 1. The van der Waals surface area contributed by atoms with Gasteiger partial charge in [0.25, 0.3) is 0 Å². The highest BCUT2D eigenvalue weighted by atomic mass is 32.2. The van der Waals surface area contributed by atoms with Crippen LogP contribution in [0.15, 0.2) is 28.0 Å². The predicted molar refractivity (Wildman–Crippen MR) is 119 cm³/mol. The molecule has 2 aliphatic rings. The maximum atomic E-state index is 12.9. The molecule has 1 saturated carbocycles. The third-order valence-electron chi connectivity index (χ3n) is 5.98. The number of nitrogens with one attached hydrogen (secondary N) is 1. The van der Waals surface area contributed by atoms with E-state index < -0.39 is 10.0 Å². The molecule has 2 unspecified atom stereocenters. The van der Waals surface area contributed by atoms with Crippen molar-refractivity contribution in [2.45, 2.75) is 62.3 Å². The molecular formula is C21H31N3O4S2. The number of benzene rings is 1. The van der Waals surface area contributed by atoms with E-state index in [2.05, 4.69) is 12.2 Å². The Balaban J connectivity index is 1.84. The molecule has 9 heteroatoms. The lowest BCUT2D eigenvalue weighted by molar-refractivity contribution is -0.123. The Morgan fingerprint density at radius 1 is 1.23 bits per heavy atom. The van der Waals surface area contributed by atoms with Gasteiger partial charge >= 0.3 is 0 Å². The number of sulfonamides is 1. The van der Waals surface area contributed by atoms with Gasteiger partial charge in [0.1, 0.15) is 6.54 Å². The Bertz CT molecular complexity index is 900. The van der Waals surface area contributed by atoms with Gasteiger partial charge in [0, 0.05) is 24.0 Å². The molecule has 0 radical (unpaired) electrons. The van der Waals surface area contributed by atoms with Gasteiger partial charge in [-0.15, -0.1) is 11.8 Å². The molecule has 0 spiro atoms. The van der Waals surface area contributed by atoms with Gasteiger partial charge in [-0.3, -0.25) is 9.59 Å². The standard InChI is InChI=1S/C21H31N3O4S2/c1-4-23(5-2)30(27,28)16-10-11-19-18(12-16)24(21(26)14-29-19)13-20(25)22-17-9-7-6-8-15(17)3/h10-12,15,17H,4-9,13-14H2,1-3H3,(H,22,25). The maximum Gasteiger partial charge on any atom is 0.243 e. The van der Waals surface area contributed by atoms with Crippen LogP contribution in [-0.4, -0.2) is 56.0 Å². The van der Waals surface area contributed by atoms with E-state index in [4.69, 9.17) is 0 Å². The van der Waals surface area contributed by atoms with Crippen LogP contribution in [0.25, 0.3) is 0 Å². The molecule has 0 bridgehead atoms. The minimum Gasteiger partial charge on any atom is -0.352 e. The van der Waals surface area contributed by atoms with E-state index >= 15 is 0 Å².